The Morgan fingerprint density at radius 3 is 2.61 bits per heavy atom. The molecule has 1 unspecified atom stereocenters. The van der Waals surface area contributed by atoms with E-state index in [1.54, 1.807) is 0 Å². The van der Waals surface area contributed by atoms with E-state index in [0.717, 1.165) is 11.5 Å². The molecule has 3 rings (SSSR count). The minimum Gasteiger partial charge on any atom is -0.367 e. The SMILES string of the molecule is CCN(c1nc(C)cc(NC2CCCC2)n1)C1CCS(=O)(=O)C1. The molecule has 2 aliphatic rings. The molecule has 0 spiro atoms. The summed E-state index contributed by atoms with van der Waals surface area (Å²) in [5.74, 6) is 1.99. The summed E-state index contributed by atoms with van der Waals surface area (Å²) in [4.78, 5) is 11.3. The molecule has 128 valence electrons. The fourth-order valence-corrected chi connectivity index (χ4v) is 5.35. The molecular formula is C16H26N4O2S. The van der Waals surface area contributed by atoms with E-state index in [0.29, 0.717) is 25.0 Å². The molecule has 1 saturated carbocycles. The van der Waals surface area contributed by atoms with Gasteiger partial charge in [-0.3, -0.25) is 0 Å². The van der Waals surface area contributed by atoms with E-state index in [4.69, 9.17) is 0 Å². The molecule has 7 heteroatoms. The van der Waals surface area contributed by atoms with Gasteiger partial charge in [-0.15, -0.1) is 0 Å². The molecule has 1 aromatic rings. The molecule has 0 radical (unpaired) electrons. The summed E-state index contributed by atoms with van der Waals surface area (Å²) in [5.41, 5.74) is 0.912. The van der Waals surface area contributed by atoms with Crippen LogP contribution >= 0.6 is 0 Å². The van der Waals surface area contributed by atoms with Gasteiger partial charge in [-0.25, -0.2) is 13.4 Å². The number of nitrogens with zero attached hydrogens (tertiary/aromatic N) is 3. The number of aromatic nitrogens is 2. The van der Waals surface area contributed by atoms with Crippen molar-refractivity contribution in [1.29, 1.82) is 0 Å². The second kappa shape index (κ2) is 6.63. The third-order valence-corrected chi connectivity index (χ3v) is 6.55. The van der Waals surface area contributed by atoms with Crippen LogP contribution in [0.25, 0.3) is 0 Å². The van der Waals surface area contributed by atoms with Crippen molar-refractivity contribution in [3.05, 3.63) is 11.8 Å². The first kappa shape index (κ1) is 16.5. The average Bonchev–Trinajstić information content (AvgIpc) is 3.09. The van der Waals surface area contributed by atoms with Gasteiger partial charge in [0, 0.05) is 30.4 Å². The van der Waals surface area contributed by atoms with Crippen LogP contribution in [0.4, 0.5) is 11.8 Å². The highest BCUT2D eigenvalue weighted by atomic mass is 32.2. The Labute approximate surface area is 138 Å². The Morgan fingerprint density at radius 2 is 2.00 bits per heavy atom. The topological polar surface area (TPSA) is 75.2 Å². The summed E-state index contributed by atoms with van der Waals surface area (Å²) >= 11 is 0. The van der Waals surface area contributed by atoms with Crippen LogP contribution in [-0.2, 0) is 9.84 Å². The molecule has 1 saturated heterocycles. The normalized spacial score (nSPS) is 24.0. The van der Waals surface area contributed by atoms with Crippen LogP contribution in [0.2, 0.25) is 0 Å². The van der Waals surface area contributed by atoms with Crippen LogP contribution in [0, 0.1) is 6.92 Å². The first-order chi connectivity index (χ1) is 11.0. The van der Waals surface area contributed by atoms with E-state index < -0.39 is 9.84 Å². The van der Waals surface area contributed by atoms with Gasteiger partial charge in [0.1, 0.15) is 5.82 Å². The molecule has 1 N–H and O–H groups in total. The zero-order valence-electron chi connectivity index (χ0n) is 14.0. The lowest BCUT2D eigenvalue weighted by molar-refractivity contribution is 0.599. The van der Waals surface area contributed by atoms with Crippen molar-refractivity contribution >= 4 is 21.6 Å². The molecule has 0 aromatic carbocycles. The van der Waals surface area contributed by atoms with E-state index in [2.05, 4.69) is 15.3 Å². The van der Waals surface area contributed by atoms with Crippen molar-refractivity contribution in [1.82, 2.24) is 9.97 Å². The van der Waals surface area contributed by atoms with Crippen LogP contribution in [-0.4, -0.2) is 48.5 Å². The van der Waals surface area contributed by atoms with Crippen LogP contribution in [0.1, 0.15) is 44.7 Å². The molecule has 2 heterocycles. The Bertz CT molecular complexity index is 656. The van der Waals surface area contributed by atoms with Crippen LogP contribution in [0.5, 0.6) is 0 Å². The third kappa shape index (κ3) is 3.94. The highest BCUT2D eigenvalue weighted by Gasteiger charge is 2.33. The zero-order valence-corrected chi connectivity index (χ0v) is 14.8. The first-order valence-electron chi connectivity index (χ1n) is 8.56. The number of aryl methyl sites for hydroxylation is 1. The van der Waals surface area contributed by atoms with Gasteiger partial charge in [-0.1, -0.05) is 12.8 Å². The van der Waals surface area contributed by atoms with Gasteiger partial charge < -0.3 is 10.2 Å². The predicted molar refractivity (Wildman–Crippen MR) is 92.7 cm³/mol. The monoisotopic (exact) mass is 338 g/mol. The van der Waals surface area contributed by atoms with E-state index in [1.165, 1.54) is 25.7 Å². The maximum absolute atomic E-state index is 11.8. The summed E-state index contributed by atoms with van der Waals surface area (Å²) in [5, 5.41) is 3.51. The second-order valence-electron chi connectivity index (χ2n) is 6.66. The van der Waals surface area contributed by atoms with Crippen LogP contribution in [0.15, 0.2) is 6.07 Å². The standard InChI is InChI=1S/C16H26N4O2S/c1-3-20(14-8-9-23(21,22)11-14)16-17-12(2)10-15(19-16)18-13-6-4-5-7-13/h10,13-14H,3-9,11H2,1-2H3,(H,17,18,19). The molecule has 23 heavy (non-hydrogen) atoms. The smallest absolute Gasteiger partial charge is 0.227 e. The number of sulfone groups is 1. The van der Waals surface area contributed by atoms with Gasteiger partial charge in [-0.2, -0.15) is 4.98 Å². The highest BCUT2D eigenvalue weighted by Crippen LogP contribution is 2.25. The van der Waals surface area contributed by atoms with Crippen molar-refractivity contribution in [2.24, 2.45) is 0 Å². The second-order valence-corrected chi connectivity index (χ2v) is 8.89. The van der Waals surface area contributed by atoms with Crippen molar-refractivity contribution in [3.63, 3.8) is 0 Å². The number of hydrogen-bond donors (Lipinski definition) is 1. The lowest BCUT2D eigenvalue weighted by atomic mass is 10.2. The molecule has 6 nitrogen and oxygen atoms in total. The Balaban J connectivity index is 1.80. The van der Waals surface area contributed by atoms with E-state index in [-0.39, 0.29) is 17.5 Å². The van der Waals surface area contributed by atoms with E-state index >= 15 is 0 Å². The Kier molecular flexibility index (Phi) is 4.75. The van der Waals surface area contributed by atoms with Gasteiger partial charge in [0.05, 0.1) is 11.5 Å². The van der Waals surface area contributed by atoms with E-state index in [9.17, 15) is 8.42 Å². The summed E-state index contributed by atoms with van der Waals surface area (Å²) < 4.78 is 23.6. The Morgan fingerprint density at radius 1 is 1.26 bits per heavy atom. The molecule has 1 atom stereocenters. The van der Waals surface area contributed by atoms with Crippen molar-refractivity contribution in [2.75, 3.05) is 28.3 Å². The zero-order chi connectivity index (χ0) is 16.4. The number of rotatable bonds is 5. The molecular weight excluding hydrogens is 312 g/mol. The maximum Gasteiger partial charge on any atom is 0.227 e. The minimum atomic E-state index is -2.91. The van der Waals surface area contributed by atoms with Crippen LogP contribution in [0.3, 0.4) is 0 Å². The summed E-state index contributed by atoms with van der Waals surface area (Å²) in [6, 6.07) is 2.46. The lowest BCUT2D eigenvalue weighted by Crippen LogP contribution is -2.37. The number of hydrogen-bond acceptors (Lipinski definition) is 6. The lowest BCUT2D eigenvalue weighted by Gasteiger charge is -2.27. The largest absolute Gasteiger partial charge is 0.367 e. The summed E-state index contributed by atoms with van der Waals surface area (Å²) in [6.07, 6.45) is 5.59. The van der Waals surface area contributed by atoms with Gasteiger partial charge in [0.25, 0.3) is 0 Å². The fourth-order valence-electron chi connectivity index (χ4n) is 3.62. The highest BCUT2D eigenvalue weighted by molar-refractivity contribution is 7.91. The van der Waals surface area contributed by atoms with Gasteiger partial charge >= 0.3 is 0 Å². The first-order valence-corrected chi connectivity index (χ1v) is 10.4. The molecule has 1 aliphatic heterocycles. The maximum atomic E-state index is 11.8. The molecule has 1 aliphatic carbocycles. The average molecular weight is 338 g/mol. The number of nitrogens with one attached hydrogen (secondary N) is 1. The molecule has 1 aromatic heterocycles. The molecule has 0 amide bonds. The molecule has 2 fully saturated rings. The summed E-state index contributed by atoms with van der Waals surface area (Å²) in [7, 11) is -2.91. The Hall–Kier alpha value is -1.37. The van der Waals surface area contributed by atoms with Crippen LogP contribution < -0.4 is 10.2 Å². The predicted octanol–water partition coefficient (Wildman–Crippen LogP) is 2.15. The van der Waals surface area contributed by atoms with Gasteiger partial charge in [0.2, 0.25) is 5.95 Å². The third-order valence-electron chi connectivity index (χ3n) is 4.80. The van der Waals surface area contributed by atoms with E-state index in [1.807, 2.05) is 24.8 Å². The fraction of sp³-hybridized carbons (Fsp3) is 0.750. The molecule has 0 bridgehead atoms. The number of anilines is 2. The van der Waals surface area contributed by atoms with Crippen molar-refractivity contribution in [3.8, 4) is 0 Å². The van der Waals surface area contributed by atoms with Crippen molar-refractivity contribution < 1.29 is 8.42 Å². The summed E-state index contributed by atoms with van der Waals surface area (Å²) in [6.45, 7) is 4.71. The van der Waals surface area contributed by atoms with Gasteiger partial charge in [0.15, 0.2) is 9.84 Å². The van der Waals surface area contributed by atoms with Crippen molar-refractivity contribution in [2.45, 2.75) is 58.0 Å². The quantitative estimate of drug-likeness (QED) is 0.887. The van der Waals surface area contributed by atoms with Gasteiger partial charge in [-0.05, 0) is 33.1 Å². The minimum absolute atomic E-state index is 0.00821.